The first-order chi connectivity index (χ1) is 10.8. The molecule has 128 valence electrons. The van der Waals surface area contributed by atoms with Crippen LogP contribution >= 0.6 is 11.6 Å². The second kappa shape index (κ2) is 9.53. The molecular weight excluding hydrogens is 316 g/mol. The van der Waals surface area contributed by atoms with E-state index in [9.17, 15) is 14.7 Å². The molecule has 0 radical (unpaired) electrons. The van der Waals surface area contributed by atoms with Gasteiger partial charge in [0, 0.05) is 23.9 Å². The zero-order valence-electron chi connectivity index (χ0n) is 13.6. The Morgan fingerprint density at radius 1 is 1.26 bits per heavy atom. The minimum absolute atomic E-state index is 0.177. The molecule has 23 heavy (non-hydrogen) atoms. The van der Waals surface area contributed by atoms with Crippen LogP contribution in [0.2, 0.25) is 5.02 Å². The molecule has 0 bridgehead atoms. The molecule has 0 aliphatic heterocycles. The third-order valence-corrected chi connectivity index (χ3v) is 4.23. The molecule has 0 saturated carbocycles. The number of rotatable bonds is 9. The Morgan fingerprint density at radius 2 is 1.87 bits per heavy atom. The average Bonchev–Trinajstić information content (AvgIpc) is 2.52. The van der Waals surface area contributed by atoms with Crippen molar-refractivity contribution in [2.75, 3.05) is 7.05 Å². The van der Waals surface area contributed by atoms with Crippen molar-refractivity contribution in [1.29, 1.82) is 0 Å². The van der Waals surface area contributed by atoms with Gasteiger partial charge in [-0.25, -0.2) is 0 Å². The van der Waals surface area contributed by atoms with Gasteiger partial charge < -0.3 is 16.2 Å². The Bertz CT molecular complexity index is 519. The van der Waals surface area contributed by atoms with E-state index in [1.54, 1.807) is 14.0 Å². The third-order valence-electron chi connectivity index (χ3n) is 3.98. The Kier molecular flexibility index (Phi) is 8.06. The van der Waals surface area contributed by atoms with Crippen LogP contribution < -0.4 is 11.1 Å². The Labute approximate surface area is 142 Å². The maximum Gasteiger partial charge on any atom is 0.222 e. The number of nitrogens with one attached hydrogen (secondary N) is 1. The molecule has 4 N–H and O–H groups in total. The molecule has 1 unspecified atom stereocenters. The van der Waals surface area contributed by atoms with E-state index in [0.29, 0.717) is 30.7 Å². The number of carbonyl (C=O) groups excluding carboxylic acids is 2. The smallest absolute Gasteiger partial charge is 0.222 e. The van der Waals surface area contributed by atoms with E-state index in [1.807, 2.05) is 24.3 Å². The quantitative estimate of drug-likeness (QED) is 0.641. The van der Waals surface area contributed by atoms with E-state index in [1.165, 1.54) is 0 Å². The summed E-state index contributed by atoms with van der Waals surface area (Å²) >= 11 is 5.84. The van der Waals surface area contributed by atoms with Crippen molar-refractivity contribution < 1.29 is 14.7 Å². The van der Waals surface area contributed by atoms with Gasteiger partial charge in [-0.05, 0) is 43.4 Å². The number of aliphatic hydroxyl groups excluding tert-OH is 1. The summed E-state index contributed by atoms with van der Waals surface area (Å²) in [6.45, 7) is 1.69. The van der Waals surface area contributed by atoms with E-state index in [0.717, 1.165) is 5.56 Å². The highest BCUT2D eigenvalue weighted by Crippen LogP contribution is 2.20. The summed E-state index contributed by atoms with van der Waals surface area (Å²) in [5.74, 6) is -1.44. The van der Waals surface area contributed by atoms with Crippen LogP contribution in [0.1, 0.15) is 31.7 Å². The van der Waals surface area contributed by atoms with Crippen LogP contribution in [-0.4, -0.2) is 30.1 Å². The number of nitrogens with two attached hydrogens (primary N) is 1. The number of aryl methyl sites for hydroxylation is 1. The minimum atomic E-state index is -0.618. The maximum atomic E-state index is 11.9. The predicted octanol–water partition coefficient (Wildman–Crippen LogP) is 1.90. The molecule has 1 rings (SSSR count). The molecule has 1 aromatic carbocycles. The first-order valence-electron chi connectivity index (χ1n) is 7.76. The van der Waals surface area contributed by atoms with Gasteiger partial charge in [-0.3, -0.25) is 9.59 Å². The van der Waals surface area contributed by atoms with E-state index in [-0.39, 0.29) is 5.91 Å². The number of hydrogen-bond donors (Lipinski definition) is 3. The van der Waals surface area contributed by atoms with E-state index < -0.39 is 23.8 Å². The fourth-order valence-corrected chi connectivity index (χ4v) is 2.61. The van der Waals surface area contributed by atoms with Gasteiger partial charge in [-0.2, -0.15) is 0 Å². The predicted molar refractivity (Wildman–Crippen MR) is 90.9 cm³/mol. The molecule has 0 aromatic heterocycles. The van der Waals surface area contributed by atoms with Crippen molar-refractivity contribution in [3.8, 4) is 0 Å². The fraction of sp³-hybridized carbons (Fsp3) is 0.529. The van der Waals surface area contributed by atoms with Crippen LogP contribution in [0.4, 0.5) is 0 Å². The van der Waals surface area contributed by atoms with E-state index in [2.05, 4.69) is 5.32 Å². The highest BCUT2D eigenvalue weighted by atomic mass is 35.5. The van der Waals surface area contributed by atoms with Gasteiger partial charge in [0.2, 0.25) is 11.8 Å². The lowest BCUT2D eigenvalue weighted by Crippen LogP contribution is -2.34. The molecule has 0 fully saturated rings. The van der Waals surface area contributed by atoms with Crippen LogP contribution in [0.15, 0.2) is 24.3 Å². The topological polar surface area (TPSA) is 92.4 Å². The fourth-order valence-electron chi connectivity index (χ4n) is 2.49. The molecule has 0 heterocycles. The van der Waals surface area contributed by atoms with Gasteiger partial charge in [0.1, 0.15) is 0 Å². The molecule has 0 saturated heterocycles. The number of hydrogen-bond acceptors (Lipinski definition) is 3. The lowest BCUT2D eigenvalue weighted by Gasteiger charge is -2.21. The third kappa shape index (κ3) is 7.01. The summed E-state index contributed by atoms with van der Waals surface area (Å²) in [4.78, 5) is 23.1. The lowest BCUT2D eigenvalue weighted by atomic mass is 9.88. The van der Waals surface area contributed by atoms with Crippen molar-refractivity contribution in [1.82, 2.24) is 5.32 Å². The number of benzene rings is 1. The summed E-state index contributed by atoms with van der Waals surface area (Å²) in [5, 5.41) is 13.5. The summed E-state index contributed by atoms with van der Waals surface area (Å²) in [6.07, 6.45) is 1.27. The van der Waals surface area contributed by atoms with Crippen molar-refractivity contribution in [2.45, 2.75) is 38.7 Å². The van der Waals surface area contributed by atoms with E-state index in [4.69, 9.17) is 17.3 Å². The first-order valence-corrected chi connectivity index (χ1v) is 8.14. The monoisotopic (exact) mass is 340 g/mol. The minimum Gasteiger partial charge on any atom is -0.393 e. The molecule has 0 spiro atoms. The number of amides is 2. The van der Waals surface area contributed by atoms with E-state index >= 15 is 0 Å². The Balaban J connectivity index is 2.55. The summed E-state index contributed by atoms with van der Waals surface area (Å²) in [5.41, 5.74) is 6.34. The summed E-state index contributed by atoms with van der Waals surface area (Å²) in [7, 11) is 1.55. The maximum absolute atomic E-state index is 11.9. The summed E-state index contributed by atoms with van der Waals surface area (Å²) < 4.78 is 0. The van der Waals surface area contributed by atoms with Crippen LogP contribution in [0, 0.1) is 11.8 Å². The standard InChI is InChI=1S/C17H25ClN2O3/c1-11(16(19)22)9-13(17(23)20-2)10-15(21)8-5-12-3-6-14(18)7-4-12/h3-4,6-7,11,13,15,21H,5,8-10H2,1-2H3,(H2,19,22)(H,20,23)/t11?,13-,15+/m1/s1. The highest BCUT2D eigenvalue weighted by Gasteiger charge is 2.25. The zero-order chi connectivity index (χ0) is 17.4. The molecular formula is C17H25ClN2O3. The number of aliphatic hydroxyl groups is 1. The van der Waals surface area contributed by atoms with Gasteiger partial charge >= 0.3 is 0 Å². The lowest BCUT2D eigenvalue weighted by molar-refractivity contribution is -0.127. The van der Waals surface area contributed by atoms with Gasteiger partial charge in [-0.15, -0.1) is 0 Å². The van der Waals surface area contributed by atoms with Crippen LogP contribution in [0.25, 0.3) is 0 Å². The Hall–Kier alpha value is -1.59. The van der Waals surface area contributed by atoms with Gasteiger partial charge in [-0.1, -0.05) is 30.7 Å². The normalized spacial score (nSPS) is 14.8. The molecule has 6 heteroatoms. The van der Waals surface area contributed by atoms with Gasteiger partial charge in [0.15, 0.2) is 0 Å². The van der Waals surface area contributed by atoms with Crippen molar-refractivity contribution in [3.05, 3.63) is 34.9 Å². The van der Waals surface area contributed by atoms with Crippen LogP contribution in [-0.2, 0) is 16.0 Å². The van der Waals surface area contributed by atoms with Crippen molar-refractivity contribution in [2.24, 2.45) is 17.6 Å². The molecule has 3 atom stereocenters. The van der Waals surface area contributed by atoms with Gasteiger partial charge in [0.25, 0.3) is 0 Å². The SMILES string of the molecule is CNC(=O)[C@H](CC(C)C(N)=O)C[C@@H](O)CCc1ccc(Cl)cc1. The second-order valence-corrected chi connectivity index (χ2v) is 6.34. The highest BCUT2D eigenvalue weighted by molar-refractivity contribution is 6.30. The van der Waals surface area contributed by atoms with Crippen molar-refractivity contribution >= 4 is 23.4 Å². The van der Waals surface area contributed by atoms with Crippen LogP contribution in [0.3, 0.4) is 0 Å². The largest absolute Gasteiger partial charge is 0.393 e. The molecule has 0 aliphatic rings. The van der Waals surface area contributed by atoms with Crippen LogP contribution in [0.5, 0.6) is 0 Å². The van der Waals surface area contributed by atoms with Gasteiger partial charge in [0.05, 0.1) is 6.10 Å². The second-order valence-electron chi connectivity index (χ2n) is 5.90. The molecule has 2 amide bonds. The number of primary amides is 1. The average molecular weight is 341 g/mol. The number of carbonyl (C=O) groups is 2. The van der Waals surface area contributed by atoms with Crippen molar-refractivity contribution in [3.63, 3.8) is 0 Å². The summed E-state index contributed by atoms with van der Waals surface area (Å²) in [6, 6.07) is 7.46. The molecule has 0 aliphatic carbocycles. The molecule has 5 nitrogen and oxygen atoms in total. The first kappa shape index (κ1) is 19.5. The molecule has 1 aromatic rings. The number of halogens is 1. The zero-order valence-corrected chi connectivity index (χ0v) is 14.3. The Morgan fingerprint density at radius 3 is 2.39 bits per heavy atom.